The number of aliphatic hydroxyl groups excluding tert-OH is 1. The Labute approximate surface area is 79.9 Å². The molecule has 0 atom stereocenters. The van der Waals surface area contributed by atoms with E-state index in [1.165, 1.54) is 6.07 Å². The van der Waals surface area contributed by atoms with E-state index in [4.69, 9.17) is 16.7 Å². The van der Waals surface area contributed by atoms with E-state index in [1.807, 2.05) is 0 Å². The first kappa shape index (κ1) is 9.95. The van der Waals surface area contributed by atoms with E-state index < -0.39 is 4.92 Å². The van der Waals surface area contributed by atoms with Crippen LogP contribution in [0.15, 0.2) is 12.1 Å². The van der Waals surface area contributed by atoms with Gasteiger partial charge < -0.3 is 5.11 Å². The molecule has 0 heterocycles. The predicted octanol–water partition coefficient (Wildman–Crippen LogP) is 2.05. The average molecular weight is 202 g/mol. The number of hydrogen-bond acceptors (Lipinski definition) is 3. The summed E-state index contributed by atoms with van der Waals surface area (Å²) in [6.07, 6.45) is 0. The smallest absolute Gasteiger partial charge is 0.293 e. The van der Waals surface area contributed by atoms with Crippen LogP contribution in [-0.2, 0) is 6.61 Å². The van der Waals surface area contributed by atoms with Crippen LogP contribution in [0.4, 0.5) is 5.69 Å². The fourth-order valence-corrected chi connectivity index (χ4v) is 1.28. The van der Waals surface area contributed by atoms with E-state index >= 15 is 0 Å². The van der Waals surface area contributed by atoms with Crippen molar-refractivity contribution in [3.05, 3.63) is 38.4 Å². The highest BCUT2D eigenvalue weighted by Gasteiger charge is 2.19. The zero-order valence-electron chi connectivity index (χ0n) is 6.95. The predicted molar refractivity (Wildman–Crippen MR) is 48.8 cm³/mol. The maximum atomic E-state index is 10.6. The molecule has 0 aliphatic heterocycles. The molecule has 1 aromatic rings. The van der Waals surface area contributed by atoms with Gasteiger partial charge in [0.1, 0.15) is 5.02 Å². The molecule has 70 valence electrons. The summed E-state index contributed by atoms with van der Waals surface area (Å²) < 4.78 is 0. The Morgan fingerprint density at radius 1 is 1.62 bits per heavy atom. The summed E-state index contributed by atoms with van der Waals surface area (Å²) in [6, 6.07) is 3.14. The fraction of sp³-hybridized carbons (Fsp3) is 0.250. The maximum absolute atomic E-state index is 10.6. The van der Waals surface area contributed by atoms with Gasteiger partial charge in [-0.25, -0.2) is 0 Å². The van der Waals surface area contributed by atoms with Crippen molar-refractivity contribution in [1.29, 1.82) is 0 Å². The maximum Gasteiger partial charge on any atom is 0.293 e. The average Bonchev–Trinajstić information content (AvgIpc) is 2.08. The molecule has 0 aromatic heterocycles. The topological polar surface area (TPSA) is 63.4 Å². The van der Waals surface area contributed by atoms with E-state index in [9.17, 15) is 10.1 Å². The lowest BCUT2D eigenvalue weighted by Crippen LogP contribution is -1.97. The van der Waals surface area contributed by atoms with Crippen molar-refractivity contribution in [2.24, 2.45) is 0 Å². The number of hydrogen-bond donors (Lipinski definition) is 1. The SMILES string of the molecule is Cc1ccc(CO)c([N+](=O)[O-])c1Cl. The molecule has 0 saturated carbocycles. The summed E-state index contributed by atoms with van der Waals surface area (Å²) in [5.41, 5.74) is 0.662. The number of nitro benzene ring substituents is 1. The minimum Gasteiger partial charge on any atom is -0.391 e. The van der Waals surface area contributed by atoms with Gasteiger partial charge in [-0.1, -0.05) is 17.7 Å². The summed E-state index contributed by atoms with van der Waals surface area (Å²) in [5.74, 6) is 0. The third-order valence-corrected chi connectivity index (χ3v) is 2.22. The molecule has 0 fully saturated rings. The molecule has 1 N–H and O–H groups in total. The third kappa shape index (κ3) is 1.79. The molecule has 0 unspecified atom stereocenters. The van der Waals surface area contributed by atoms with Crippen molar-refractivity contribution in [1.82, 2.24) is 0 Å². The summed E-state index contributed by atoms with van der Waals surface area (Å²) in [4.78, 5) is 9.98. The molecule has 1 rings (SSSR count). The standard InChI is InChI=1S/C8H8ClNO3/c1-5-2-3-6(4-11)8(7(5)9)10(12)13/h2-3,11H,4H2,1H3. The van der Waals surface area contributed by atoms with Crippen LogP contribution in [0.5, 0.6) is 0 Å². The lowest BCUT2D eigenvalue weighted by atomic mass is 10.1. The van der Waals surface area contributed by atoms with Gasteiger partial charge in [-0.05, 0) is 18.6 Å². The van der Waals surface area contributed by atoms with Crippen LogP contribution in [0.1, 0.15) is 11.1 Å². The highest BCUT2D eigenvalue weighted by Crippen LogP contribution is 2.31. The van der Waals surface area contributed by atoms with Crippen LogP contribution in [0.3, 0.4) is 0 Å². The van der Waals surface area contributed by atoms with Gasteiger partial charge in [-0.2, -0.15) is 0 Å². The van der Waals surface area contributed by atoms with E-state index in [0.29, 0.717) is 5.56 Å². The molecular formula is C8H8ClNO3. The summed E-state index contributed by atoms with van der Waals surface area (Å²) in [7, 11) is 0. The quantitative estimate of drug-likeness (QED) is 0.588. The number of halogens is 1. The highest BCUT2D eigenvalue weighted by atomic mass is 35.5. The lowest BCUT2D eigenvalue weighted by Gasteiger charge is -2.03. The summed E-state index contributed by atoms with van der Waals surface area (Å²) in [5, 5.41) is 19.5. The van der Waals surface area contributed by atoms with Crippen molar-refractivity contribution in [2.75, 3.05) is 0 Å². The fourth-order valence-electron chi connectivity index (χ4n) is 1.03. The number of aliphatic hydroxyl groups is 1. The van der Waals surface area contributed by atoms with Crippen molar-refractivity contribution >= 4 is 17.3 Å². The van der Waals surface area contributed by atoms with Gasteiger partial charge in [-0.15, -0.1) is 0 Å². The van der Waals surface area contributed by atoms with Gasteiger partial charge in [0.15, 0.2) is 0 Å². The molecule has 0 aliphatic carbocycles. The first-order valence-electron chi connectivity index (χ1n) is 3.61. The molecule has 0 spiro atoms. The molecular weight excluding hydrogens is 194 g/mol. The molecule has 0 radical (unpaired) electrons. The molecule has 0 bridgehead atoms. The van der Waals surface area contributed by atoms with E-state index in [1.54, 1.807) is 13.0 Å². The number of rotatable bonds is 2. The molecule has 1 aromatic carbocycles. The normalized spacial score (nSPS) is 10.1. The highest BCUT2D eigenvalue weighted by molar-refractivity contribution is 6.33. The molecule has 5 heteroatoms. The van der Waals surface area contributed by atoms with Crippen LogP contribution in [0.25, 0.3) is 0 Å². The van der Waals surface area contributed by atoms with Crippen LogP contribution < -0.4 is 0 Å². The third-order valence-electron chi connectivity index (χ3n) is 1.75. The van der Waals surface area contributed by atoms with E-state index in [-0.39, 0.29) is 22.9 Å². The Balaban J connectivity index is 3.41. The number of benzene rings is 1. The van der Waals surface area contributed by atoms with Crippen LogP contribution in [0.2, 0.25) is 5.02 Å². The van der Waals surface area contributed by atoms with Gasteiger partial charge >= 0.3 is 0 Å². The number of nitrogens with zero attached hydrogens (tertiary/aromatic N) is 1. The largest absolute Gasteiger partial charge is 0.391 e. The van der Waals surface area contributed by atoms with Gasteiger partial charge in [0.2, 0.25) is 0 Å². The van der Waals surface area contributed by atoms with Crippen LogP contribution in [-0.4, -0.2) is 10.0 Å². The van der Waals surface area contributed by atoms with Gasteiger partial charge in [-0.3, -0.25) is 10.1 Å². The second kappa shape index (κ2) is 3.72. The Kier molecular flexibility index (Phi) is 2.85. The monoisotopic (exact) mass is 201 g/mol. The zero-order chi connectivity index (χ0) is 10.0. The second-order valence-electron chi connectivity index (χ2n) is 2.62. The van der Waals surface area contributed by atoms with Crippen molar-refractivity contribution < 1.29 is 10.0 Å². The minimum absolute atomic E-state index is 0.0940. The van der Waals surface area contributed by atoms with Crippen molar-refractivity contribution in [3.63, 3.8) is 0 Å². The van der Waals surface area contributed by atoms with Crippen LogP contribution in [0, 0.1) is 17.0 Å². The Morgan fingerprint density at radius 3 is 2.69 bits per heavy atom. The minimum atomic E-state index is -0.582. The first-order valence-corrected chi connectivity index (χ1v) is 3.99. The molecule has 13 heavy (non-hydrogen) atoms. The van der Waals surface area contributed by atoms with Crippen molar-refractivity contribution in [2.45, 2.75) is 13.5 Å². The van der Waals surface area contributed by atoms with Crippen LogP contribution >= 0.6 is 11.6 Å². The molecule has 0 amide bonds. The lowest BCUT2D eigenvalue weighted by molar-refractivity contribution is -0.385. The molecule has 0 aliphatic rings. The first-order chi connectivity index (χ1) is 6.07. The van der Waals surface area contributed by atoms with E-state index in [2.05, 4.69) is 0 Å². The second-order valence-corrected chi connectivity index (χ2v) is 3.00. The van der Waals surface area contributed by atoms with Gasteiger partial charge in [0, 0.05) is 0 Å². The summed E-state index contributed by atoms with van der Waals surface area (Å²) >= 11 is 5.72. The van der Waals surface area contributed by atoms with Gasteiger partial charge in [0.25, 0.3) is 5.69 Å². The number of aryl methyl sites for hydroxylation is 1. The van der Waals surface area contributed by atoms with Gasteiger partial charge in [0.05, 0.1) is 17.1 Å². The summed E-state index contributed by atoms with van der Waals surface area (Å²) in [6.45, 7) is 1.30. The van der Waals surface area contributed by atoms with Crippen molar-refractivity contribution in [3.8, 4) is 0 Å². The zero-order valence-corrected chi connectivity index (χ0v) is 7.71. The Bertz CT molecular complexity index is 351. The molecule has 4 nitrogen and oxygen atoms in total. The van der Waals surface area contributed by atoms with E-state index in [0.717, 1.165) is 0 Å². The number of nitro groups is 1. The Morgan fingerprint density at radius 2 is 2.23 bits per heavy atom. The molecule has 0 saturated heterocycles. The Hall–Kier alpha value is -1.13.